The third kappa shape index (κ3) is 5.00. The lowest BCUT2D eigenvalue weighted by atomic mass is 9.86. The van der Waals surface area contributed by atoms with Gasteiger partial charge < -0.3 is 10.6 Å². The molecule has 1 aliphatic rings. The van der Waals surface area contributed by atoms with Crippen molar-refractivity contribution < 1.29 is 17.6 Å². The number of rotatable bonds is 5. The van der Waals surface area contributed by atoms with Crippen LogP contribution in [0.1, 0.15) is 32.6 Å². The number of halogens is 1. The van der Waals surface area contributed by atoms with E-state index < -0.39 is 15.7 Å². The molecule has 0 spiro atoms. The maximum atomic E-state index is 13.7. The van der Waals surface area contributed by atoms with Crippen LogP contribution in [0.4, 0.5) is 10.1 Å². The molecule has 23 heavy (non-hydrogen) atoms. The second kappa shape index (κ2) is 7.40. The van der Waals surface area contributed by atoms with Crippen molar-refractivity contribution in [3.05, 3.63) is 24.0 Å². The molecule has 5 nitrogen and oxygen atoms in total. The fourth-order valence-corrected chi connectivity index (χ4v) is 3.52. The minimum Gasteiger partial charge on any atom is -0.322 e. The van der Waals surface area contributed by atoms with Crippen LogP contribution in [0.3, 0.4) is 0 Å². The average Bonchev–Trinajstić information content (AvgIpc) is 2.47. The summed E-state index contributed by atoms with van der Waals surface area (Å²) in [5.41, 5.74) is -0.114. The summed E-state index contributed by atoms with van der Waals surface area (Å²) < 4.78 is 36.8. The second-order valence-corrected chi connectivity index (χ2v) is 8.23. The largest absolute Gasteiger partial charge is 0.322 e. The van der Waals surface area contributed by atoms with E-state index in [0.29, 0.717) is 12.0 Å². The van der Waals surface area contributed by atoms with Crippen LogP contribution in [0.5, 0.6) is 0 Å². The highest BCUT2D eigenvalue weighted by Crippen LogP contribution is 2.23. The van der Waals surface area contributed by atoms with E-state index >= 15 is 0 Å². The van der Waals surface area contributed by atoms with Gasteiger partial charge in [-0.3, -0.25) is 4.79 Å². The van der Waals surface area contributed by atoms with Crippen LogP contribution in [0.2, 0.25) is 0 Å². The summed E-state index contributed by atoms with van der Waals surface area (Å²) in [5.74, 6) is -0.522. The van der Waals surface area contributed by atoms with Crippen molar-refractivity contribution >= 4 is 21.4 Å². The Bertz CT molecular complexity index is 676. The van der Waals surface area contributed by atoms with Crippen LogP contribution >= 0.6 is 0 Å². The summed E-state index contributed by atoms with van der Waals surface area (Å²) in [7, 11) is -3.45. The monoisotopic (exact) mass is 342 g/mol. The Morgan fingerprint density at radius 1 is 1.30 bits per heavy atom. The number of sulfone groups is 1. The van der Waals surface area contributed by atoms with Gasteiger partial charge in [0.15, 0.2) is 9.84 Å². The van der Waals surface area contributed by atoms with Crippen LogP contribution in [0, 0.1) is 11.7 Å². The van der Waals surface area contributed by atoms with Gasteiger partial charge in [0.05, 0.1) is 17.1 Å². The molecule has 0 bridgehead atoms. The SMILES string of the molecule is C[C@H]1CCCC[C@H]1NCC(=O)Nc1cc(S(C)(=O)=O)ccc1F. The van der Waals surface area contributed by atoms with E-state index in [9.17, 15) is 17.6 Å². The molecule has 0 unspecified atom stereocenters. The summed E-state index contributed by atoms with van der Waals surface area (Å²) in [5, 5.41) is 5.64. The molecule has 1 saturated carbocycles. The molecule has 1 amide bonds. The van der Waals surface area contributed by atoms with Gasteiger partial charge in [-0.1, -0.05) is 19.8 Å². The van der Waals surface area contributed by atoms with Gasteiger partial charge in [-0.05, 0) is 37.0 Å². The van der Waals surface area contributed by atoms with Gasteiger partial charge in [-0.15, -0.1) is 0 Å². The Morgan fingerprint density at radius 2 is 2.00 bits per heavy atom. The lowest BCUT2D eigenvalue weighted by Gasteiger charge is -2.29. The maximum absolute atomic E-state index is 13.7. The Labute approximate surface area is 136 Å². The number of hydrogen-bond acceptors (Lipinski definition) is 4. The number of hydrogen-bond donors (Lipinski definition) is 2. The molecule has 128 valence electrons. The summed E-state index contributed by atoms with van der Waals surface area (Å²) >= 11 is 0. The van der Waals surface area contributed by atoms with Crippen molar-refractivity contribution in [1.29, 1.82) is 0 Å². The second-order valence-electron chi connectivity index (χ2n) is 6.21. The van der Waals surface area contributed by atoms with Gasteiger partial charge in [0.1, 0.15) is 5.82 Å². The Balaban J connectivity index is 1.97. The molecular weight excluding hydrogens is 319 g/mol. The minimum atomic E-state index is -3.45. The zero-order chi connectivity index (χ0) is 17.0. The van der Waals surface area contributed by atoms with E-state index in [2.05, 4.69) is 17.6 Å². The van der Waals surface area contributed by atoms with Crippen molar-refractivity contribution in [2.75, 3.05) is 18.1 Å². The summed E-state index contributed by atoms with van der Waals surface area (Å²) in [6, 6.07) is 3.66. The normalized spacial score (nSPS) is 21.9. The number of amides is 1. The molecule has 1 fully saturated rings. The standard InChI is InChI=1S/C16H23FN2O3S/c1-11-5-3-4-6-14(11)18-10-16(20)19-15-9-12(23(2,21)22)7-8-13(15)17/h7-9,11,14,18H,3-6,10H2,1-2H3,(H,19,20)/t11-,14+/m0/s1. The lowest BCUT2D eigenvalue weighted by Crippen LogP contribution is -2.41. The Morgan fingerprint density at radius 3 is 2.65 bits per heavy atom. The number of benzene rings is 1. The van der Waals surface area contributed by atoms with Crippen molar-refractivity contribution in [3.8, 4) is 0 Å². The molecule has 0 saturated heterocycles. The van der Waals surface area contributed by atoms with Gasteiger partial charge in [0.25, 0.3) is 0 Å². The third-order valence-electron chi connectivity index (χ3n) is 4.28. The fraction of sp³-hybridized carbons (Fsp3) is 0.562. The van der Waals surface area contributed by atoms with Crippen molar-refractivity contribution in [1.82, 2.24) is 5.32 Å². The Hall–Kier alpha value is -1.47. The first kappa shape index (κ1) is 17.9. The lowest BCUT2D eigenvalue weighted by molar-refractivity contribution is -0.115. The zero-order valence-corrected chi connectivity index (χ0v) is 14.2. The van der Waals surface area contributed by atoms with E-state index in [4.69, 9.17) is 0 Å². The quantitative estimate of drug-likeness (QED) is 0.806. The number of carbonyl (C=O) groups is 1. The molecule has 1 aromatic rings. The summed E-state index contributed by atoms with van der Waals surface area (Å²) in [6.07, 6.45) is 5.58. The first-order chi connectivity index (χ1) is 10.8. The Kier molecular flexibility index (Phi) is 5.75. The van der Waals surface area contributed by atoms with Gasteiger partial charge in [-0.2, -0.15) is 0 Å². The van der Waals surface area contributed by atoms with Gasteiger partial charge in [0, 0.05) is 12.3 Å². The van der Waals surface area contributed by atoms with Crippen molar-refractivity contribution in [2.24, 2.45) is 5.92 Å². The predicted octanol–water partition coefficient (Wildman–Crippen LogP) is 2.34. The molecule has 2 rings (SSSR count). The average molecular weight is 342 g/mol. The fourth-order valence-electron chi connectivity index (χ4n) is 2.87. The van der Waals surface area contributed by atoms with E-state index in [1.165, 1.54) is 12.5 Å². The van der Waals surface area contributed by atoms with Crippen LogP contribution in [0.25, 0.3) is 0 Å². The molecule has 0 aliphatic heterocycles. The first-order valence-electron chi connectivity index (χ1n) is 7.80. The molecule has 1 aliphatic carbocycles. The first-order valence-corrected chi connectivity index (χ1v) is 9.69. The predicted molar refractivity (Wildman–Crippen MR) is 87.6 cm³/mol. The highest BCUT2D eigenvalue weighted by atomic mass is 32.2. The smallest absolute Gasteiger partial charge is 0.238 e. The van der Waals surface area contributed by atoms with E-state index in [-0.39, 0.29) is 23.0 Å². The van der Waals surface area contributed by atoms with Crippen LogP contribution in [0.15, 0.2) is 23.1 Å². The number of nitrogens with one attached hydrogen (secondary N) is 2. The summed E-state index contributed by atoms with van der Waals surface area (Å²) in [6.45, 7) is 2.24. The minimum absolute atomic E-state index is 0.0249. The van der Waals surface area contributed by atoms with Crippen LogP contribution in [-0.4, -0.2) is 33.2 Å². The van der Waals surface area contributed by atoms with Crippen LogP contribution < -0.4 is 10.6 Å². The third-order valence-corrected chi connectivity index (χ3v) is 5.39. The van der Waals surface area contributed by atoms with E-state index in [1.54, 1.807) is 0 Å². The van der Waals surface area contributed by atoms with Gasteiger partial charge in [-0.25, -0.2) is 12.8 Å². The van der Waals surface area contributed by atoms with E-state index in [0.717, 1.165) is 37.7 Å². The van der Waals surface area contributed by atoms with Gasteiger partial charge >= 0.3 is 0 Å². The molecule has 7 heteroatoms. The zero-order valence-electron chi connectivity index (χ0n) is 13.4. The van der Waals surface area contributed by atoms with Crippen molar-refractivity contribution in [2.45, 2.75) is 43.5 Å². The van der Waals surface area contributed by atoms with Crippen molar-refractivity contribution in [3.63, 3.8) is 0 Å². The summed E-state index contributed by atoms with van der Waals surface area (Å²) in [4.78, 5) is 12.0. The topological polar surface area (TPSA) is 75.3 Å². The molecule has 0 radical (unpaired) electrons. The molecule has 0 heterocycles. The highest BCUT2D eigenvalue weighted by molar-refractivity contribution is 7.90. The molecular formula is C16H23FN2O3S. The molecule has 2 atom stereocenters. The highest BCUT2D eigenvalue weighted by Gasteiger charge is 2.21. The molecule has 1 aromatic carbocycles. The molecule has 0 aromatic heterocycles. The van der Waals surface area contributed by atoms with Gasteiger partial charge in [0.2, 0.25) is 5.91 Å². The number of carbonyl (C=O) groups excluding carboxylic acids is 1. The van der Waals surface area contributed by atoms with E-state index in [1.807, 2.05) is 0 Å². The van der Waals surface area contributed by atoms with Crippen LogP contribution in [-0.2, 0) is 14.6 Å². The molecule has 2 N–H and O–H groups in total. The number of anilines is 1. The maximum Gasteiger partial charge on any atom is 0.238 e.